The fraction of sp³-hybridized carbons (Fsp3) is 0.500. The van der Waals surface area contributed by atoms with Crippen LogP contribution in [0.15, 0.2) is 18.2 Å². The lowest BCUT2D eigenvalue weighted by atomic mass is 9.97. The molecule has 2 nitrogen and oxygen atoms in total. The molecule has 1 aromatic carbocycles. The van der Waals surface area contributed by atoms with Gasteiger partial charge < -0.3 is 10.5 Å². The van der Waals surface area contributed by atoms with Crippen LogP contribution in [0.2, 0.25) is 0 Å². The number of halogens is 1. The van der Waals surface area contributed by atoms with Gasteiger partial charge in [0.25, 0.3) is 0 Å². The van der Waals surface area contributed by atoms with Crippen molar-refractivity contribution in [3.63, 3.8) is 0 Å². The molecule has 3 heteroatoms. The van der Waals surface area contributed by atoms with Crippen LogP contribution in [0.1, 0.15) is 19.4 Å². The fourth-order valence-electron chi connectivity index (χ4n) is 1.34. The average Bonchev–Trinajstić information content (AvgIpc) is 2.18. The molecular weight excluding hydrogens is 301 g/mol. The molecule has 84 valence electrons. The normalized spacial score (nSPS) is 12.9. The highest BCUT2D eigenvalue weighted by Crippen LogP contribution is 2.22. The van der Waals surface area contributed by atoms with Gasteiger partial charge in [0, 0.05) is 6.04 Å². The number of ether oxygens (including phenoxy) is 1. The summed E-state index contributed by atoms with van der Waals surface area (Å²) in [6.45, 7) is 4.30. The number of nitrogens with two attached hydrogens (primary N) is 1. The van der Waals surface area contributed by atoms with Crippen molar-refractivity contribution in [1.82, 2.24) is 0 Å². The molecule has 0 aliphatic carbocycles. The Balaban J connectivity index is 2.75. The molecule has 1 aromatic rings. The zero-order valence-electron chi connectivity index (χ0n) is 9.46. The van der Waals surface area contributed by atoms with Crippen LogP contribution in [0, 0.1) is 9.49 Å². The summed E-state index contributed by atoms with van der Waals surface area (Å²) in [6.07, 6.45) is 0.928. The summed E-state index contributed by atoms with van der Waals surface area (Å²) in [5.41, 5.74) is 7.31. The fourth-order valence-corrected chi connectivity index (χ4v) is 2.14. The molecule has 1 unspecified atom stereocenters. The Morgan fingerprint density at radius 3 is 2.53 bits per heavy atom. The molecule has 2 N–H and O–H groups in total. The standard InChI is InChI=1S/C12H18INO/c1-8(2)11(14)7-9-4-5-12(15-3)10(13)6-9/h4-6,8,11H,7,14H2,1-3H3. The summed E-state index contributed by atoms with van der Waals surface area (Å²) in [5.74, 6) is 1.45. The monoisotopic (exact) mass is 319 g/mol. The Labute approximate surface area is 105 Å². The molecule has 0 saturated heterocycles. The SMILES string of the molecule is COc1ccc(CC(N)C(C)C)cc1I. The molecule has 15 heavy (non-hydrogen) atoms. The predicted octanol–water partition coefficient (Wildman–Crippen LogP) is 2.83. The van der Waals surface area contributed by atoms with Crippen LogP contribution < -0.4 is 10.5 Å². The van der Waals surface area contributed by atoms with Gasteiger partial charge in [-0.3, -0.25) is 0 Å². The highest BCUT2D eigenvalue weighted by Gasteiger charge is 2.09. The van der Waals surface area contributed by atoms with Crippen molar-refractivity contribution in [3.05, 3.63) is 27.3 Å². The maximum absolute atomic E-state index is 6.04. The molecule has 0 saturated carbocycles. The molecule has 0 radical (unpaired) electrons. The van der Waals surface area contributed by atoms with E-state index in [0.717, 1.165) is 15.7 Å². The summed E-state index contributed by atoms with van der Waals surface area (Å²) < 4.78 is 6.36. The lowest BCUT2D eigenvalue weighted by Crippen LogP contribution is -2.28. The maximum atomic E-state index is 6.04. The number of methoxy groups -OCH3 is 1. The van der Waals surface area contributed by atoms with Gasteiger partial charge in [-0.05, 0) is 52.6 Å². The first-order chi connectivity index (χ1) is 7.04. The van der Waals surface area contributed by atoms with Crippen molar-refractivity contribution in [2.24, 2.45) is 11.7 Å². The lowest BCUT2D eigenvalue weighted by Gasteiger charge is -2.16. The second-order valence-corrected chi connectivity index (χ2v) is 5.24. The van der Waals surface area contributed by atoms with Gasteiger partial charge in [0.2, 0.25) is 0 Å². The smallest absolute Gasteiger partial charge is 0.132 e. The summed E-state index contributed by atoms with van der Waals surface area (Å²) >= 11 is 2.28. The Hall–Kier alpha value is -0.290. The second kappa shape index (κ2) is 5.70. The third-order valence-corrected chi connectivity index (χ3v) is 3.39. The number of benzene rings is 1. The van der Waals surface area contributed by atoms with Gasteiger partial charge >= 0.3 is 0 Å². The summed E-state index contributed by atoms with van der Waals surface area (Å²) in [4.78, 5) is 0. The van der Waals surface area contributed by atoms with Crippen molar-refractivity contribution >= 4 is 22.6 Å². The van der Waals surface area contributed by atoms with E-state index in [9.17, 15) is 0 Å². The van der Waals surface area contributed by atoms with Crippen LogP contribution in [0.4, 0.5) is 0 Å². The molecule has 0 bridgehead atoms. The lowest BCUT2D eigenvalue weighted by molar-refractivity contribution is 0.411. The first kappa shape index (κ1) is 12.8. The topological polar surface area (TPSA) is 35.2 Å². The Morgan fingerprint density at radius 1 is 1.40 bits per heavy atom. The second-order valence-electron chi connectivity index (χ2n) is 4.08. The molecule has 1 rings (SSSR count). The average molecular weight is 319 g/mol. The van der Waals surface area contributed by atoms with Crippen LogP contribution in [0.25, 0.3) is 0 Å². The minimum absolute atomic E-state index is 0.231. The number of hydrogen-bond donors (Lipinski definition) is 1. The Bertz CT molecular complexity index is 325. The van der Waals surface area contributed by atoms with Crippen LogP contribution in [0.3, 0.4) is 0 Å². The molecule has 0 heterocycles. The molecule has 0 aliphatic heterocycles. The largest absolute Gasteiger partial charge is 0.496 e. The van der Waals surface area contributed by atoms with E-state index < -0.39 is 0 Å². The summed E-state index contributed by atoms with van der Waals surface area (Å²) in [6, 6.07) is 6.46. The quantitative estimate of drug-likeness (QED) is 0.866. The third-order valence-electron chi connectivity index (χ3n) is 2.54. The molecule has 0 aromatic heterocycles. The molecule has 0 fully saturated rings. The van der Waals surface area contributed by atoms with Gasteiger partial charge in [-0.2, -0.15) is 0 Å². The van der Waals surface area contributed by atoms with Crippen molar-refractivity contribution in [2.45, 2.75) is 26.3 Å². The minimum atomic E-state index is 0.231. The van der Waals surface area contributed by atoms with Gasteiger partial charge in [0.1, 0.15) is 5.75 Å². The number of hydrogen-bond acceptors (Lipinski definition) is 2. The van der Waals surface area contributed by atoms with E-state index in [4.69, 9.17) is 10.5 Å². The van der Waals surface area contributed by atoms with E-state index in [-0.39, 0.29) is 6.04 Å². The van der Waals surface area contributed by atoms with Crippen molar-refractivity contribution < 1.29 is 4.74 Å². The molecule has 0 amide bonds. The van der Waals surface area contributed by atoms with Crippen LogP contribution in [-0.4, -0.2) is 13.2 Å². The highest BCUT2D eigenvalue weighted by molar-refractivity contribution is 14.1. The van der Waals surface area contributed by atoms with Gasteiger partial charge in [-0.1, -0.05) is 19.9 Å². The van der Waals surface area contributed by atoms with E-state index in [0.29, 0.717) is 5.92 Å². The van der Waals surface area contributed by atoms with Crippen molar-refractivity contribution in [1.29, 1.82) is 0 Å². The zero-order chi connectivity index (χ0) is 11.4. The van der Waals surface area contributed by atoms with Gasteiger partial charge in [-0.25, -0.2) is 0 Å². The Morgan fingerprint density at radius 2 is 2.07 bits per heavy atom. The molecular formula is C12H18INO. The molecule has 0 aliphatic rings. The third kappa shape index (κ3) is 3.65. The van der Waals surface area contributed by atoms with Crippen LogP contribution >= 0.6 is 22.6 Å². The zero-order valence-corrected chi connectivity index (χ0v) is 11.6. The van der Waals surface area contributed by atoms with E-state index in [2.05, 4.69) is 48.6 Å². The van der Waals surface area contributed by atoms with E-state index in [1.165, 1.54) is 5.56 Å². The summed E-state index contributed by atoms with van der Waals surface area (Å²) in [7, 11) is 1.69. The first-order valence-electron chi connectivity index (χ1n) is 5.12. The van der Waals surface area contributed by atoms with Gasteiger partial charge in [0.15, 0.2) is 0 Å². The van der Waals surface area contributed by atoms with Crippen LogP contribution in [-0.2, 0) is 6.42 Å². The molecule has 1 atom stereocenters. The maximum Gasteiger partial charge on any atom is 0.132 e. The van der Waals surface area contributed by atoms with Crippen molar-refractivity contribution in [2.75, 3.05) is 7.11 Å². The highest BCUT2D eigenvalue weighted by atomic mass is 127. The van der Waals surface area contributed by atoms with E-state index >= 15 is 0 Å². The Kier molecular flexibility index (Phi) is 4.86. The van der Waals surface area contributed by atoms with Gasteiger partial charge in [-0.15, -0.1) is 0 Å². The molecule has 0 spiro atoms. The van der Waals surface area contributed by atoms with Crippen LogP contribution in [0.5, 0.6) is 5.75 Å². The van der Waals surface area contributed by atoms with E-state index in [1.807, 2.05) is 6.07 Å². The number of rotatable bonds is 4. The first-order valence-corrected chi connectivity index (χ1v) is 6.20. The predicted molar refractivity (Wildman–Crippen MR) is 72.2 cm³/mol. The minimum Gasteiger partial charge on any atom is -0.496 e. The summed E-state index contributed by atoms with van der Waals surface area (Å²) in [5, 5.41) is 0. The van der Waals surface area contributed by atoms with Crippen molar-refractivity contribution in [3.8, 4) is 5.75 Å². The van der Waals surface area contributed by atoms with Gasteiger partial charge in [0.05, 0.1) is 10.7 Å². The van der Waals surface area contributed by atoms with E-state index in [1.54, 1.807) is 7.11 Å².